The first-order valence-corrected chi connectivity index (χ1v) is 8.09. The number of hydrogen-bond donors (Lipinski definition) is 0. The molecule has 108 valence electrons. The molecule has 0 nitrogen and oxygen atoms in total. The Morgan fingerprint density at radius 3 is 2.06 bits per heavy atom. The third-order valence-electron chi connectivity index (χ3n) is 4.66. The first kappa shape index (κ1) is 17.7. The van der Waals surface area contributed by atoms with Gasteiger partial charge >= 0.3 is 0 Å². The Morgan fingerprint density at radius 1 is 1.06 bits per heavy atom. The Balaban J connectivity index is 4.46. The molecule has 0 radical (unpaired) electrons. The van der Waals surface area contributed by atoms with Crippen LogP contribution in [0.5, 0.6) is 0 Å². The Labute approximate surface area is 116 Å². The summed E-state index contributed by atoms with van der Waals surface area (Å²) in [6, 6.07) is 0. The van der Waals surface area contributed by atoms with Crippen LogP contribution in [0.4, 0.5) is 0 Å². The lowest BCUT2D eigenvalue weighted by Crippen LogP contribution is -2.20. The normalized spacial score (nSPS) is 16.6. The van der Waals surface area contributed by atoms with Crippen molar-refractivity contribution in [2.75, 3.05) is 0 Å². The first-order valence-electron chi connectivity index (χ1n) is 8.09. The molecule has 0 heteroatoms. The fourth-order valence-corrected chi connectivity index (χ4v) is 2.86. The average molecular weight is 252 g/mol. The number of unbranched alkanes of at least 4 members (excludes halogenated alkanes) is 2. The molecule has 0 rings (SSSR count). The molecule has 0 fully saturated rings. The fraction of sp³-hybridized carbons (Fsp3) is 0.889. The zero-order valence-electron chi connectivity index (χ0n) is 13.8. The summed E-state index contributed by atoms with van der Waals surface area (Å²) in [5.41, 5.74) is 1.41. The van der Waals surface area contributed by atoms with E-state index in [4.69, 9.17) is 0 Å². The van der Waals surface area contributed by atoms with Crippen molar-refractivity contribution in [3.8, 4) is 0 Å². The van der Waals surface area contributed by atoms with Gasteiger partial charge in [-0.2, -0.15) is 0 Å². The largest absolute Gasteiger partial charge is 0.0999 e. The monoisotopic (exact) mass is 252 g/mol. The molecule has 0 saturated heterocycles. The van der Waals surface area contributed by atoms with E-state index in [0.717, 1.165) is 23.7 Å². The Morgan fingerprint density at radius 2 is 1.67 bits per heavy atom. The van der Waals surface area contributed by atoms with E-state index in [1.54, 1.807) is 0 Å². The molecule has 3 atom stereocenters. The smallest absolute Gasteiger partial charge is 0.0180 e. The van der Waals surface area contributed by atoms with Crippen LogP contribution < -0.4 is 0 Å². The standard InChI is InChI=1S/C18H36/c1-8-10-11-12-18(15(5)6)17(9-2)13-16(7)14(3)4/h14,16-18H,5,8-13H2,1-4,6-7H3. The van der Waals surface area contributed by atoms with E-state index < -0.39 is 0 Å². The van der Waals surface area contributed by atoms with Gasteiger partial charge in [-0.05, 0) is 43.4 Å². The van der Waals surface area contributed by atoms with Crippen molar-refractivity contribution in [1.29, 1.82) is 0 Å². The van der Waals surface area contributed by atoms with Gasteiger partial charge in [-0.25, -0.2) is 0 Å². The predicted molar refractivity (Wildman–Crippen MR) is 84.8 cm³/mol. The summed E-state index contributed by atoms with van der Waals surface area (Å²) in [6.07, 6.45) is 8.10. The Hall–Kier alpha value is -0.260. The maximum absolute atomic E-state index is 4.26. The lowest BCUT2D eigenvalue weighted by molar-refractivity contribution is 0.247. The van der Waals surface area contributed by atoms with E-state index in [2.05, 4.69) is 48.1 Å². The quantitative estimate of drug-likeness (QED) is 0.309. The molecule has 0 aromatic carbocycles. The Bertz CT molecular complexity index is 214. The first-order chi connectivity index (χ1) is 8.43. The fourth-order valence-electron chi connectivity index (χ4n) is 2.86. The molecule has 0 aliphatic heterocycles. The number of allylic oxidation sites excluding steroid dienone is 1. The van der Waals surface area contributed by atoms with Crippen LogP contribution in [0.2, 0.25) is 0 Å². The average Bonchev–Trinajstić information content (AvgIpc) is 2.31. The molecule has 0 aromatic rings. The van der Waals surface area contributed by atoms with E-state index in [1.807, 2.05) is 0 Å². The molecule has 0 N–H and O–H groups in total. The summed E-state index contributed by atoms with van der Waals surface area (Å²) in [6.45, 7) is 18.2. The van der Waals surface area contributed by atoms with Gasteiger partial charge in [0.25, 0.3) is 0 Å². The lowest BCUT2D eigenvalue weighted by atomic mass is 9.75. The van der Waals surface area contributed by atoms with Crippen molar-refractivity contribution in [2.24, 2.45) is 23.7 Å². The van der Waals surface area contributed by atoms with Crippen LogP contribution in [-0.2, 0) is 0 Å². The zero-order valence-corrected chi connectivity index (χ0v) is 13.8. The summed E-state index contributed by atoms with van der Waals surface area (Å²) in [7, 11) is 0. The van der Waals surface area contributed by atoms with Crippen LogP contribution in [0, 0.1) is 23.7 Å². The summed E-state index contributed by atoms with van der Waals surface area (Å²) >= 11 is 0. The maximum Gasteiger partial charge on any atom is -0.0180 e. The molecule has 0 saturated carbocycles. The number of rotatable bonds is 10. The molecule has 0 aliphatic carbocycles. The molecule has 3 unspecified atom stereocenters. The molecular weight excluding hydrogens is 216 g/mol. The predicted octanol–water partition coefficient (Wildman–Crippen LogP) is 6.47. The highest BCUT2D eigenvalue weighted by atomic mass is 14.3. The third kappa shape index (κ3) is 6.61. The third-order valence-corrected chi connectivity index (χ3v) is 4.66. The molecule has 0 spiro atoms. The van der Waals surface area contributed by atoms with Gasteiger partial charge < -0.3 is 0 Å². The van der Waals surface area contributed by atoms with Crippen LogP contribution >= 0.6 is 0 Å². The summed E-state index contributed by atoms with van der Waals surface area (Å²) < 4.78 is 0. The van der Waals surface area contributed by atoms with Crippen LogP contribution in [0.3, 0.4) is 0 Å². The highest BCUT2D eigenvalue weighted by molar-refractivity contribution is 4.99. The van der Waals surface area contributed by atoms with Gasteiger partial charge in [0.2, 0.25) is 0 Å². The van der Waals surface area contributed by atoms with Gasteiger partial charge in [-0.15, -0.1) is 0 Å². The van der Waals surface area contributed by atoms with Crippen LogP contribution in [0.1, 0.15) is 80.1 Å². The summed E-state index contributed by atoms with van der Waals surface area (Å²) in [4.78, 5) is 0. The van der Waals surface area contributed by atoms with Crippen molar-refractivity contribution in [3.63, 3.8) is 0 Å². The van der Waals surface area contributed by atoms with Gasteiger partial charge in [0.1, 0.15) is 0 Å². The highest BCUT2D eigenvalue weighted by Crippen LogP contribution is 2.34. The molecular formula is C18H36. The number of hydrogen-bond acceptors (Lipinski definition) is 0. The minimum Gasteiger partial charge on any atom is -0.0999 e. The zero-order chi connectivity index (χ0) is 14.1. The molecule has 0 aromatic heterocycles. The molecule has 18 heavy (non-hydrogen) atoms. The minimum absolute atomic E-state index is 0.753. The molecule has 0 amide bonds. The summed E-state index contributed by atoms with van der Waals surface area (Å²) in [5.74, 6) is 3.24. The van der Waals surface area contributed by atoms with Crippen LogP contribution in [0.15, 0.2) is 12.2 Å². The van der Waals surface area contributed by atoms with Gasteiger partial charge in [0.15, 0.2) is 0 Å². The lowest BCUT2D eigenvalue weighted by Gasteiger charge is -2.30. The maximum atomic E-state index is 4.26. The van der Waals surface area contributed by atoms with E-state index >= 15 is 0 Å². The van der Waals surface area contributed by atoms with Gasteiger partial charge in [0.05, 0.1) is 0 Å². The van der Waals surface area contributed by atoms with E-state index in [1.165, 1.54) is 44.1 Å². The van der Waals surface area contributed by atoms with Gasteiger partial charge in [0, 0.05) is 0 Å². The minimum atomic E-state index is 0.753. The molecule has 0 aliphatic rings. The van der Waals surface area contributed by atoms with Crippen LogP contribution in [-0.4, -0.2) is 0 Å². The second-order valence-corrected chi connectivity index (χ2v) is 6.57. The van der Waals surface area contributed by atoms with Crippen molar-refractivity contribution in [2.45, 2.75) is 80.1 Å². The second-order valence-electron chi connectivity index (χ2n) is 6.57. The molecule has 0 bridgehead atoms. The van der Waals surface area contributed by atoms with E-state index in [-0.39, 0.29) is 0 Å². The van der Waals surface area contributed by atoms with Gasteiger partial charge in [-0.3, -0.25) is 0 Å². The van der Waals surface area contributed by atoms with E-state index in [0.29, 0.717) is 0 Å². The van der Waals surface area contributed by atoms with Crippen molar-refractivity contribution >= 4 is 0 Å². The second kappa shape index (κ2) is 9.64. The van der Waals surface area contributed by atoms with Crippen molar-refractivity contribution < 1.29 is 0 Å². The Kier molecular flexibility index (Phi) is 9.50. The topological polar surface area (TPSA) is 0 Å². The van der Waals surface area contributed by atoms with Crippen molar-refractivity contribution in [3.05, 3.63) is 12.2 Å². The van der Waals surface area contributed by atoms with Crippen molar-refractivity contribution in [1.82, 2.24) is 0 Å². The van der Waals surface area contributed by atoms with E-state index in [9.17, 15) is 0 Å². The highest BCUT2D eigenvalue weighted by Gasteiger charge is 2.23. The van der Waals surface area contributed by atoms with Gasteiger partial charge in [-0.1, -0.05) is 72.5 Å². The molecule has 0 heterocycles. The van der Waals surface area contributed by atoms with Crippen LogP contribution in [0.25, 0.3) is 0 Å². The SMILES string of the molecule is C=C(C)C(CCCCC)C(CC)CC(C)C(C)C. The summed E-state index contributed by atoms with van der Waals surface area (Å²) in [5, 5.41) is 0.